The van der Waals surface area contributed by atoms with Gasteiger partial charge >= 0.3 is 5.69 Å². The SMILES string of the molecule is CC(Nc1ncnc(N)c1F)c1nc2cccn2c(=O)n1-c1ccccc1. The average Bonchev–Trinajstić information content (AvgIpc) is 3.15. The van der Waals surface area contributed by atoms with Crippen molar-refractivity contribution < 1.29 is 4.39 Å². The van der Waals surface area contributed by atoms with Crippen molar-refractivity contribution in [1.82, 2.24) is 23.9 Å². The number of benzene rings is 1. The van der Waals surface area contributed by atoms with Gasteiger partial charge in [0, 0.05) is 6.20 Å². The van der Waals surface area contributed by atoms with Gasteiger partial charge in [0.05, 0.1) is 11.7 Å². The highest BCUT2D eigenvalue weighted by atomic mass is 19.1. The number of rotatable bonds is 4. The third-order valence-electron chi connectivity index (χ3n) is 4.15. The van der Waals surface area contributed by atoms with Gasteiger partial charge in [-0.3, -0.25) is 4.40 Å². The second kappa shape index (κ2) is 6.52. The van der Waals surface area contributed by atoms with E-state index in [9.17, 15) is 9.18 Å². The summed E-state index contributed by atoms with van der Waals surface area (Å²) in [6, 6.07) is 12.1. The van der Waals surface area contributed by atoms with Gasteiger partial charge in [0.25, 0.3) is 0 Å². The Morgan fingerprint density at radius 1 is 1.15 bits per heavy atom. The maximum Gasteiger partial charge on any atom is 0.339 e. The largest absolute Gasteiger partial charge is 0.381 e. The van der Waals surface area contributed by atoms with Crippen molar-refractivity contribution in [2.75, 3.05) is 11.1 Å². The molecule has 0 bridgehead atoms. The Bertz CT molecular complexity index is 1170. The first-order valence-corrected chi connectivity index (χ1v) is 8.24. The van der Waals surface area contributed by atoms with E-state index >= 15 is 0 Å². The number of nitrogen functional groups attached to an aromatic ring is 1. The maximum atomic E-state index is 14.2. The van der Waals surface area contributed by atoms with Gasteiger partial charge in [-0.2, -0.15) is 4.39 Å². The fourth-order valence-electron chi connectivity index (χ4n) is 2.86. The van der Waals surface area contributed by atoms with Gasteiger partial charge in [-0.25, -0.2) is 24.3 Å². The lowest BCUT2D eigenvalue weighted by atomic mass is 10.2. The van der Waals surface area contributed by atoms with Gasteiger partial charge in [0.2, 0.25) is 5.82 Å². The van der Waals surface area contributed by atoms with Crippen molar-refractivity contribution in [2.24, 2.45) is 0 Å². The first kappa shape index (κ1) is 16.7. The standard InChI is InChI=1S/C18H16FN7O/c1-11(23-16-14(19)15(20)21-10-22-16)17-24-13-8-5-9-25(13)18(27)26(17)12-6-3-2-4-7-12/h2-11H,1H3,(H3,20,21,22,23). The zero-order valence-corrected chi connectivity index (χ0v) is 14.4. The van der Waals surface area contributed by atoms with Crippen LogP contribution in [0.1, 0.15) is 18.8 Å². The van der Waals surface area contributed by atoms with Gasteiger partial charge in [-0.15, -0.1) is 0 Å². The fraction of sp³-hybridized carbons (Fsp3) is 0.111. The summed E-state index contributed by atoms with van der Waals surface area (Å²) in [4.78, 5) is 25.1. The second-order valence-corrected chi connectivity index (χ2v) is 5.95. The number of nitrogens with two attached hydrogens (primary N) is 1. The molecule has 136 valence electrons. The number of para-hydroxylation sites is 1. The first-order chi connectivity index (χ1) is 13.1. The Morgan fingerprint density at radius 3 is 2.70 bits per heavy atom. The highest BCUT2D eigenvalue weighted by Gasteiger charge is 2.20. The quantitative estimate of drug-likeness (QED) is 0.574. The molecule has 27 heavy (non-hydrogen) atoms. The van der Waals surface area contributed by atoms with Gasteiger partial charge in [0.15, 0.2) is 11.6 Å². The van der Waals surface area contributed by atoms with Crippen molar-refractivity contribution >= 4 is 17.3 Å². The van der Waals surface area contributed by atoms with Crippen LogP contribution in [0.15, 0.2) is 59.8 Å². The molecule has 0 saturated carbocycles. The molecule has 8 nitrogen and oxygen atoms in total. The normalized spacial score (nSPS) is 12.2. The van der Waals surface area contributed by atoms with Crippen molar-refractivity contribution in [2.45, 2.75) is 13.0 Å². The summed E-state index contributed by atoms with van der Waals surface area (Å²) in [6.07, 6.45) is 2.82. The Kier molecular flexibility index (Phi) is 4.03. The summed E-state index contributed by atoms with van der Waals surface area (Å²) in [7, 11) is 0. The third-order valence-corrected chi connectivity index (χ3v) is 4.15. The third kappa shape index (κ3) is 2.88. The summed E-state index contributed by atoms with van der Waals surface area (Å²) < 4.78 is 17.1. The van der Waals surface area contributed by atoms with Crippen LogP contribution in [0, 0.1) is 5.82 Å². The minimum Gasteiger partial charge on any atom is -0.381 e. The Balaban J connectivity index is 1.87. The molecule has 9 heteroatoms. The van der Waals surface area contributed by atoms with E-state index in [1.807, 2.05) is 18.2 Å². The predicted molar refractivity (Wildman–Crippen MR) is 99.2 cm³/mol. The molecule has 0 fully saturated rings. The van der Waals surface area contributed by atoms with Crippen LogP contribution >= 0.6 is 0 Å². The maximum absolute atomic E-state index is 14.2. The molecule has 3 N–H and O–H groups in total. The van der Waals surface area contributed by atoms with E-state index < -0.39 is 11.9 Å². The number of nitrogens with one attached hydrogen (secondary N) is 1. The van der Waals surface area contributed by atoms with Crippen LogP contribution in [0.5, 0.6) is 0 Å². The molecular formula is C18H16FN7O. The van der Waals surface area contributed by atoms with Crippen LogP contribution in [0.4, 0.5) is 16.0 Å². The van der Waals surface area contributed by atoms with Crippen molar-refractivity contribution in [3.05, 3.63) is 77.1 Å². The van der Waals surface area contributed by atoms with Gasteiger partial charge < -0.3 is 11.1 Å². The van der Waals surface area contributed by atoms with E-state index in [0.717, 1.165) is 0 Å². The van der Waals surface area contributed by atoms with Crippen LogP contribution < -0.4 is 16.7 Å². The minimum atomic E-state index is -0.748. The fourth-order valence-corrected chi connectivity index (χ4v) is 2.86. The zero-order chi connectivity index (χ0) is 19.0. The van der Waals surface area contributed by atoms with Crippen molar-refractivity contribution in [3.8, 4) is 5.69 Å². The first-order valence-electron chi connectivity index (χ1n) is 8.24. The molecule has 3 heterocycles. The number of nitrogens with zero attached hydrogens (tertiary/aromatic N) is 5. The number of fused-ring (bicyclic) bond motifs is 1. The van der Waals surface area contributed by atoms with Crippen LogP contribution in [0.2, 0.25) is 0 Å². The summed E-state index contributed by atoms with van der Waals surface area (Å²) in [6.45, 7) is 1.76. The van der Waals surface area contributed by atoms with Crippen LogP contribution in [0.25, 0.3) is 11.3 Å². The zero-order valence-electron chi connectivity index (χ0n) is 14.4. The Morgan fingerprint density at radius 2 is 1.93 bits per heavy atom. The highest BCUT2D eigenvalue weighted by molar-refractivity contribution is 5.48. The lowest BCUT2D eigenvalue weighted by Gasteiger charge is -2.19. The minimum absolute atomic E-state index is 0.0564. The van der Waals surface area contributed by atoms with E-state index in [2.05, 4.69) is 20.3 Å². The summed E-state index contributed by atoms with van der Waals surface area (Å²) in [5.74, 6) is -0.648. The number of aromatic nitrogens is 5. The molecule has 4 aromatic rings. The topological polar surface area (TPSA) is 103 Å². The molecule has 0 aliphatic heterocycles. The molecule has 3 aromatic heterocycles. The Labute approximate surface area is 153 Å². The number of anilines is 2. The summed E-state index contributed by atoms with van der Waals surface area (Å²) in [5, 5.41) is 2.92. The lowest BCUT2D eigenvalue weighted by Crippen LogP contribution is -2.31. The smallest absolute Gasteiger partial charge is 0.339 e. The molecule has 0 aliphatic rings. The molecule has 0 radical (unpaired) electrons. The highest BCUT2D eigenvalue weighted by Crippen LogP contribution is 2.22. The lowest BCUT2D eigenvalue weighted by molar-refractivity contribution is 0.614. The molecule has 0 saturated heterocycles. The van der Waals surface area contributed by atoms with Crippen molar-refractivity contribution in [1.29, 1.82) is 0 Å². The van der Waals surface area contributed by atoms with Gasteiger partial charge in [-0.05, 0) is 31.2 Å². The van der Waals surface area contributed by atoms with Crippen LogP contribution in [-0.4, -0.2) is 23.9 Å². The molecule has 4 rings (SSSR count). The molecule has 1 unspecified atom stereocenters. The van der Waals surface area contributed by atoms with E-state index in [0.29, 0.717) is 17.2 Å². The summed E-state index contributed by atoms with van der Waals surface area (Å²) in [5.41, 5.74) is 6.37. The number of hydrogen-bond donors (Lipinski definition) is 2. The number of hydrogen-bond acceptors (Lipinski definition) is 6. The average molecular weight is 365 g/mol. The van der Waals surface area contributed by atoms with Crippen LogP contribution in [0.3, 0.4) is 0 Å². The van der Waals surface area contributed by atoms with E-state index in [1.54, 1.807) is 37.4 Å². The van der Waals surface area contributed by atoms with Crippen LogP contribution in [-0.2, 0) is 0 Å². The molecule has 0 spiro atoms. The van der Waals surface area contributed by atoms with E-state index in [4.69, 9.17) is 5.73 Å². The number of halogens is 1. The van der Waals surface area contributed by atoms with E-state index in [-0.39, 0.29) is 17.3 Å². The monoisotopic (exact) mass is 365 g/mol. The molecular weight excluding hydrogens is 349 g/mol. The molecule has 0 aliphatic carbocycles. The van der Waals surface area contributed by atoms with E-state index in [1.165, 1.54) is 15.3 Å². The molecule has 1 atom stereocenters. The summed E-state index contributed by atoms with van der Waals surface area (Å²) >= 11 is 0. The van der Waals surface area contributed by atoms with Gasteiger partial charge in [-0.1, -0.05) is 18.2 Å². The molecule has 1 aromatic carbocycles. The van der Waals surface area contributed by atoms with Crippen molar-refractivity contribution in [3.63, 3.8) is 0 Å². The second-order valence-electron chi connectivity index (χ2n) is 5.95. The predicted octanol–water partition coefficient (Wildman–Crippen LogP) is 2.17. The van der Waals surface area contributed by atoms with Gasteiger partial charge in [0.1, 0.15) is 17.8 Å². The molecule has 0 amide bonds. The Hall–Kier alpha value is -3.75.